The van der Waals surface area contributed by atoms with Gasteiger partial charge in [0.1, 0.15) is 5.69 Å². The summed E-state index contributed by atoms with van der Waals surface area (Å²) in [7, 11) is 0. The first-order valence-electron chi connectivity index (χ1n) is 6.68. The first-order valence-corrected chi connectivity index (χ1v) is 7.47. The number of benzene rings is 1. The molecule has 108 valence electrons. The van der Waals surface area contributed by atoms with Crippen molar-refractivity contribution >= 4 is 27.5 Å². The molecule has 0 bridgehead atoms. The molecule has 1 saturated heterocycles. The Labute approximate surface area is 124 Å². The van der Waals surface area contributed by atoms with E-state index < -0.39 is 11.6 Å². The van der Waals surface area contributed by atoms with Crippen LogP contribution in [-0.2, 0) is 4.79 Å². The zero-order valence-corrected chi connectivity index (χ0v) is 12.4. The van der Waals surface area contributed by atoms with Crippen LogP contribution in [0.15, 0.2) is 16.6 Å². The van der Waals surface area contributed by atoms with Crippen molar-refractivity contribution in [1.82, 2.24) is 5.32 Å². The van der Waals surface area contributed by atoms with Crippen LogP contribution < -0.4 is 10.6 Å². The first kappa shape index (κ1) is 13.9. The number of anilines is 1. The van der Waals surface area contributed by atoms with Crippen molar-refractivity contribution in [2.45, 2.75) is 19.3 Å². The Morgan fingerprint density at radius 1 is 1.30 bits per heavy atom. The average molecular weight is 345 g/mol. The summed E-state index contributed by atoms with van der Waals surface area (Å²) in [6, 6.07) is 2.29. The molecule has 1 saturated carbocycles. The third kappa shape index (κ3) is 2.46. The smallest absolute Gasteiger partial charge is 0.228 e. The maximum absolute atomic E-state index is 13.7. The fraction of sp³-hybridized carbons (Fsp3) is 0.500. The molecule has 3 rings (SSSR count). The zero-order chi connectivity index (χ0) is 14.3. The van der Waals surface area contributed by atoms with Crippen LogP contribution in [-0.4, -0.2) is 19.0 Å². The summed E-state index contributed by atoms with van der Waals surface area (Å²) in [5.74, 6) is -1.91. The van der Waals surface area contributed by atoms with E-state index in [1.54, 1.807) is 0 Å². The summed E-state index contributed by atoms with van der Waals surface area (Å²) in [5, 5.41) is 5.67. The molecule has 1 heterocycles. The molecule has 1 aromatic rings. The summed E-state index contributed by atoms with van der Waals surface area (Å²) in [6.07, 6.45) is 2.73. The van der Waals surface area contributed by atoms with Crippen LogP contribution in [0.5, 0.6) is 0 Å². The number of piperidine rings is 1. The molecular formula is C14H15BrF2N2O. The zero-order valence-electron chi connectivity index (χ0n) is 10.8. The molecule has 1 atom stereocenters. The van der Waals surface area contributed by atoms with Gasteiger partial charge >= 0.3 is 0 Å². The lowest BCUT2D eigenvalue weighted by atomic mass is 9.92. The molecular weight excluding hydrogens is 330 g/mol. The molecule has 1 amide bonds. The van der Waals surface area contributed by atoms with Gasteiger partial charge in [0, 0.05) is 10.4 Å². The van der Waals surface area contributed by atoms with Gasteiger partial charge in [-0.15, -0.1) is 0 Å². The van der Waals surface area contributed by atoms with E-state index in [1.165, 1.54) is 0 Å². The van der Waals surface area contributed by atoms with E-state index in [9.17, 15) is 13.6 Å². The van der Waals surface area contributed by atoms with Crippen LogP contribution >= 0.6 is 15.9 Å². The Bertz CT molecular complexity index is 535. The monoisotopic (exact) mass is 344 g/mol. The molecule has 0 aromatic heterocycles. The predicted molar refractivity (Wildman–Crippen MR) is 75.3 cm³/mol. The molecule has 6 heteroatoms. The van der Waals surface area contributed by atoms with Crippen LogP contribution in [0.4, 0.5) is 14.5 Å². The fourth-order valence-corrected chi connectivity index (χ4v) is 3.47. The van der Waals surface area contributed by atoms with E-state index in [1.807, 2.05) is 0 Å². The highest BCUT2D eigenvalue weighted by Gasteiger charge is 2.57. The fourth-order valence-electron chi connectivity index (χ4n) is 3.07. The van der Waals surface area contributed by atoms with Crippen molar-refractivity contribution < 1.29 is 13.6 Å². The predicted octanol–water partition coefficient (Wildman–Crippen LogP) is 3.06. The minimum atomic E-state index is -0.759. The summed E-state index contributed by atoms with van der Waals surface area (Å²) in [6.45, 7) is 1.82. The Hall–Kier alpha value is -1.01. The van der Waals surface area contributed by atoms with E-state index in [0.717, 1.165) is 44.5 Å². The third-order valence-corrected chi connectivity index (χ3v) is 4.82. The number of amides is 1. The highest BCUT2D eigenvalue weighted by Crippen LogP contribution is 2.58. The molecule has 1 aromatic carbocycles. The number of hydrogen-bond acceptors (Lipinski definition) is 2. The van der Waals surface area contributed by atoms with Crippen molar-refractivity contribution in [3.05, 3.63) is 28.2 Å². The number of rotatable bonds is 2. The van der Waals surface area contributed by atoms with Gasteiger partial charge in [-0.1, -0.05) is 15.9 Å². The summed E-state index contributed by atoms with van der Waals surface area (Å²) >= 11 is 3.01. The van der Waals surface area contributed by atoms with Gasteiger partial charge in [-0.25, -0.2) is 8.78 Å². The molecule has 1 unspecified atom stereocenters. The number of carbonyl (C=O) groups is 1. The largest absolute Gasteiger partial charge is 0.321 e. The van der Waals surface area contributed by atoms with Gasteiger partial charge in [0.25, 0.3) is 0 Å². The topological polar surface area (TPSA) is 41.1 Å². The summed E-state index contributed by atoms with van der Waals surface area (Å²) in [4.78, 5) is 12.2. The number of carbonyl (C=O) groups excluding carboxylic acids is 1. The van der Waals surface area contributed by atoms with Crippen molar-refractivity contribution in [2.24, 2.45) is 11.3 Å². The Kier molecular flexibility index (Phi) is 3.54. The lowest BCUT2D eigenvalue weighted by Gasteiger charge is -2.23. The van der Waals surface area contributed by atoms with Gasteiger partial charge in [-0.3, -0.25) is 4.79 Å². The number of halogens is 3. The van der Waals surface area contributed by atoms with Crippen molar-refractivity contribution in [3.63, 3.8) is 0 Å². The molecule has 20 heavy (non-hydrogen) atoms. The number of hydrogen-bond donors (Lipinski definition) is 2. The molecule has 3 nitrogen and oxygen atoms in total. The summed E-state index contributed by atoms with van der Waals surface area (Å²) in [5.41, 5.74) is -0.299. The maximum Gasteiger partial charge on any atom is 0.228 e. The second-order valence-corrected chi connectivity index (χ2v) is 6.52. The van der Waals surface area contributed by atoms with Crippen LogP contribution in [0.3, 0.4) is 0 Å². The normalized spacial score (nSPS) is 23.6. The Morgan fingerprint density at radius 2 is 1.90 bits per heavy atom. The van der Waals surface area contributed by atoms with E-state index in [0.29, 0.717) is 4.47 Å². The lowest BCUT2D eigenvalue weighted by Crippen LogP contribution is -2.31. The van der Waals surface area contributed by atoms with Crippen molar-refractivity contribution in [1.29, 1.82) is 0 Å². The molecule has 2 aliphatic rings. The van der Waals surface area contributed by atoms with E-state index >= 15 is 0 Å². The van der Waals surface area contributed by atoms with Gasteiger partial charge < -0.3 is 10.6 Å². The summed E-state index contributed by atoms with van der Waals surface area (Å²) < 4.78 is 27.7. The van der Waals surface area contributed by atoms with Crippen LogP contribution in [0.1, 0.15) is 19.3 Å². The molecule has 0 radical (unpaired) electrons. The second kappa shape index (κ2) is 5.07. The van der Waals surface area contributed by atoms with Crippen LogP contribution in [0, 0.1) is 23.0 Å². The van der Waals surface area contributed by atoms with E-state index in [4.69, 9.17) is 0 Å². The van der Waals surface area contributed by atoms with E-state index in [2.05, 4.69) is 26.6 Å². The van der Waals surface area contributed by atoms with Gasteiger partial charge in [-0.2, -0.15) is 0 Å². The van der Waals surface area contributed by atoms with Crippen LogP contribution in [0.2, 0.25) is 0 Å². The third-order valence-electron chi connectivity index (χ3n) is 4.36. The standard InChI is InChI=1S/C14H15BrF2N2O/c15-8-5-10(16)12(11(17)6-8)19-13(20)9-7-14(9)1-3-18-4-2-14/h5-6,9,18H,1-4,7H2,(H,19,20). The minimum Gasteiger partial charge on any atom is -0.321 e. The number of nitrogens with one attached hydrogen (secondary N) is 2. The Morgan fingerprint density at radius 3 is 2.50 bits per heavy atom. The highest BCUT2D eigenvalue weighted by atomic mass is 79.9. The minimum absolute atomic E-state index is 0.0532. The van der Waals surface area contributed by atoms with Gasteiger partial charge in [-0.05, 0) is 49.9 Å². The maximum atomic E-state index is 13.7. The Balaban J connectivity index is 1.72. The van der Waals surface area contributed by atoms with Crippen molar-refractivity contribution in [3.8, 4) is 0 Å². The van der Waals surface area contributed by atoms with Gasteiger partial charge in [0.2, 0.25) is 5.91 Å². The molecule has 2 fully saturated rings. The lowest BCUT2D eigenvalue weighted by molar-refractivity contribution is -0.118. The molecule has 2 N–H and O–H groups in total. The molecule has 1 spiro atoms. The second-order valence-electron chi connectivity index (χ2n) is 5.60. The van der Waals surface area contributed by atoms with Crippen molar-refractivity contribution in [2.75, 3.05) is 18.4 Å². The average Bonchev–Trinajstić information content (AvgIpc) is 3.08. The molecule has 1 aliphatic heterocycles. The van der Waals surface area contributed by atoms with Gasteiger partial charge in [0.05, 0.1) is 0 Å². The highest BCUT2D eigenvalue weighted by molar-refractivity contribution is 9.10. The molecule has 1 aliphatic carbocycles. The van der Waals surface area contributed by atoms with E-state index in [-0.39, 0.29) is 22.9 Å². The SMILES string of the molecule is O=C(Nc1c(F)cc(Br)cc1F)C1CC12CCNCC2. The first-order chi connectivity index (χ1) is 9.52. The van der Waals surface area contributed by atoms with Crippen LogP contribution in [0.25, 0.3) is 0 Å². The van der Waals surface area contributed by atoms with Gasteiger partial charge in [0.15, 0.2) is 11.6 Å². The quantitative estimate of drug-likeness (QED) is 0.865.